The van der Waals surface area contributed by atoms with Gasteiger partial charge in [-0.05, 0) is 11.4 Å². The highest BCUT2D eigenvalue weighted by Crippen LogP contribution is 2.22. The molecule has 7 heteroatoms. The fourth-order valence-corrected chi connectivity index (χ4v) is 2.20. The molecule has 0 bridgehead atoms. The Morgan fingerprint density at radius 1 is 1.50 bits per heavy atom. The number of aliphatic hydroxyl groups is 1. The molecule has 0 aliphatic carbocycles. The minimum absolute atomic E-state index is 0.0775. The van der Waals surface area contributed by atoms with E-state index in [1.165, 1.54) is 7.05 Å². The fraction of sp³-hybridized carbons (Fsp3) is 0.462. The normalized spacial score (nSPS) is 10.8. The highest BCUT2D eigenvalue weighted by molar-refractivity contribution is 7.12. The van der Waals surface area contributed by atoms with Gasteiger partial charge in [0.25, 0.3) is 5.91 Å². The quantitative estimate of drug-likeness (QED) is 0.868. The zero-order valence-electron chi connectivity index (χ0n) is 10.8. The Labute approximate surface area is 119 Å². The molecule has 1 rings (SSSR count). The van der Waals surface area contributed by atoms with Gasteiger partial charge in [-0.15, -0.1) is 11.3 Å². The van der Waals surface area contributed by atoms with E-state index in [0.29, 0.717) is 10.4 Å². The van der Waals surface area contributed by atoms with Gasteiger partial charge in [0.2, 0.25) is 0 Å². The van der Waals surface area contributed by atoms with E-state index in [9.17, 15) is 18.0 Å². The molecule has 0 aliphatic heterocycles. The molecule has 0 saturated heterocycles. The Balaban J connectivity index is 2.73. The summed E-state index contributed by atoms with van der Waals surface area (Å²) < 4.78 is 36.4. The van der Waals surface area contributed by atoms with E-state index in [0.717, 1.165) is 16.2 Å². The van der Waals surface area contributed by atoms with Crippen molar-refractivity contribution in [3.8, 4) is 11.8 Å². The van der Waals surface area contributed by atoms with E-state index in [1.807, 2.05) is 0 Å². The van der Waals surface area contributed by atoms with Crippen LogP contribution in [0.1, 0.15) is 28.1 Å². The molecular weight excluding hydrogens is 291 g/mol. The molecule has 1 amide bonds. The Hall–Kier alpha value is -1.52. The summed E-state index contributed by atoms with van der Waals surface area (Å²) >= 11 is 1.14. The van der Waals surface area contributed by atoms with Gasteiger partial charge >= 0.3 is 6.18 Å². The first-order valence-corrected chi connectivity index (χ1v) is 6.72. The highest BCUT2D eigenvalue weighted by Gasteiger charge is 2.28. The summed E-state index contributed by atoms with van der Waals surface area (Å²) in [6.45, 7) is -0.463. The van der Waals surface area contributed by atoms with E-state index in [1.54, 1.807) is 11.4 Å². The molecule has 0 unspecified atom stereocenters. The van der Waals surface area contributed by atoms with Crippen molar-refractivity contribution in [2.45, 2.75) is 19.0 Å². The molecule has 0 radical (unpaired) electrons. The number of hydrogen-bond donors (Lipinski definition) is 1. The second kappa shape index (κ2) is 7.31. The van der Waals surface area contributed by atoms with Crippen LogP contribution in [0.4, 0.5) is 13.2 Å². The van der Waals surface area contributed by atoms with E-state index in [2.05, 4.69) is 11.8 Å². The van der Waals surface area contributed by atoms with Crippen molar-refractivity contribution in [3.05, 3.63) is 21.9 Å². The number of carbonyl (C=O) groups excluding carboxylic acids is 1. The lowest BCUT2D eigenvalue weighted by atomic mass is 10.2. The van der Waals surface area contributed by atoms with E-state index >= 15 is 0 Å². The average Bonchev–Trinajstić information content (AvgIpc) is 2.83. The van der Waals surface area contributed by atoms with Crippen molar-refractivity contribution in [1.29, 1.82) is 0 Å². The number of thiophene rings is 1. The summed E-state index contributed by atoms with van der Waals surface area (Å²) in [6, 6.07) is 1.64. The van der Waals surface area contributed by atoms with Crippen LogP contribution in [0.5, 0.6) is 0 Å². The van der Waals surface area contributed by atoms with Gasteiger partial charge in [-0.2, -0.15) is 13.2 Å². The molecule has 1 aromatic heterocycles. The van der Waals surface area contributed by atoms with Crippen molar-refractivity contribution < 1.29 is 23.1 Å². The van der Waals surface area contributed by atoms with Gasteiger partial charge in [0, 0.05) is 25.6 Å². The van der Waals surface area contributed by atoms with E-state index < -0.39 is 18.5 Å². The van der Waals surface area contributed by atoms with Crippen molar-refractivity contribution >= 4 is 17.2 Å². The minimum Gasteiger partial charge on any atom is -0.395 e. The topological polar surface area (TPSA) is 40.5 Å². The van der Waals surface area contributed by atoms with Crippen LogP contribution in [0.3, 0.4) is 0 Å². The Morgan fingerprint density at radius 2 is 2.20 bits per heavy atom. The van der Waals surface area contributed by atoms with Gasteiger partial charge < -0.3 is 10.0 Å². The molecule has 0 saturated carbocycles. The summed E-state index contributed by atoms with van der Waals surface area (Å²) in [5, 5.41) is 10.3. The molecule has 0 spiro atoms. The van der Waals surface area contributed by atoms with Crippen molar-refractivity contribution in [2.75, 3.05) is 20.2 Å². The van der Waals surface area contributed by atoms with Crippen LogP contribution in [-0.4, -0.2) is 42.3 Å². The minimum atomic E-state index is -4.28. The number of hydrogen-bond acceptors (Lipinski definition) is 3. The lowest BCUT2D eigenvalue weighted by molar-refractivity contribution is -0.136. The van der Waals surface area contributed by atoms with Crippen LogP contribution in [0.2, 0.25) is 0 Å². The van der Waals surface area contributed by atoms with Gasteiger partial charge in [-0.25, -0.2) is 0 Å². The molecule has 1 heterocycles. The third kappa shape index (κ3) is 5.23. The van der Waals surface area contributed by atoms with Gasteiger partial charge in [-0.3, -0.25) is 4.79 Å². The molecule has 0 aliphatic rings. The molecule has 110 valence electrons. The van der Waals surface area contributed by atoms with Gasteiger partial charge in [0.15, 0.2) is 0 Å². The lowest BCUT2D eigenvalue weighted by Gasteiger charge is -2.17. The Bertz CT molecular complexity index is 514. The molecule has 3 nitrogen and oxygen atoms in total. The number of rotatable bonds is 4. The third-order valence-electron chi connectivity index (χ3n) is 2.40. The summed E-state index contributed by atoms with van der Waals surface area (Å²) in [6.07, 6.45) is -5.03. The zero-order chi connectivity index (χ0) is 15.2. The van der Waals surface area contributed by atoms with Crippen LogP contribution < -0.4 is 0 Å². The van der Waals surface area contributed by atoms with Crippen molar-refractivity contribution in [1.82, 2.24) is 4.90 Å². The Morgan fingerprint density at radius 3 is 2.80 bits per heavy atom. The highest BCUT2D eigenvalue weighted by atomic mass is 32.1. The van der Waals surface area contributed by atoms with Gasteiger partial charge in [0.1, 0.15) is 4.88 Å². The molecule has 1 aromatic rings. The second-order valence-corrected chi connectivity index (χ2v) is 4.95. The van der Waals surface area contributed by atoms with Gasteiger partial charge in [-0.1, -0.05) is 11.8 Å². The maximum atomic E-state index is 12.1. The first-order valence-electron chi connectivity index (χ1n) is 5.84. The number of carbonyl (C=O) groups is 1. The van der Waals surface area contributed by atoms with Crippen molar-refractivity contribution in [2.24, 2.45) is 0 Å². The predicted octanol–water partition coefficient (Wildman–Crippen LogP) is 2.51. The van der Waals surface area contributed by atoms with Crippen LogP contribution in [0.25, 0.3) is 0 Å². The molecule has 20 heavy (non-hydrogen) atoms. The lowest BCUT2D eigenvalue weighted by Crippen LogP contribution is -2.30. The van der Waals surface area contributed by atoms with Crippen LogP contribution >= 0.6 is 11.3 Å². The second-order valence-electron chi connectivity index (χ2n) is 4.03. The van der Waals surface area contributed by atoms with Crippen molar-refractivity contribution in [3.63, 3.8) is 0 Å². The standard InChI is InChI=1S/C13H14F3NO2S/c1-17(7-6-13(14,15)16)12(19)11-10(5-9-20-11)4-2-3-8-18/h5,9,18H,3,6-8H2,1H3. The number of alkyl halides is 3. The molecular formula is C13H14F3NO2S. The van der Waals surface area contributed by atoms with Crippen LogP contribution in [0.15, 0.2) is 11.4 Å². The molecule has 1 N–H and O–H groups in total. The van der Waals surface area contributed by atoms with Gasteiger partial charge in [0.05, 0.1) is 13.0 Å². The largest absolute Gasteiger partial charge is 0.395 e. The summed E-state index contributed by atoms with van der Waals surface area (Å²) in [5.41, 5.74) is 0.479. The predicted molar refractivity (Wildman–Crippen MR) is 70.5 cm³/mol. The summed E-state index contributed by atoms with van der Waals surface area (Å²) in [4.78, 5) is 13.4. The zero-order valence-corrected chi connectivity index (χ0v) is 11.6. The summed E-state index contributed by atoms with van der Waals surface area (Å²) in [5.74, 6) is 4.94. The first-order chi connectivity index (χ1) is 9.35. The number of aliphatic hydroxyl groups excluding tert-OH is 1. The fourth-order valence-electron chi connectivity index (χ4n) is 1.36. The maximum Gasteiger partial charge on any atom is 0.390 e. The average molecular weight is 305 g/mol. The number of nitrogens with zero attached hydrogens (tertiary/aromatic N) is 1. The SMILES string of the molecule is CN(CCC(F)(F)F)C(=O)c1sccc1C#CCCO. The van der Waals surface area contributed by atoms with Crippen LogP contribution in [0, 0.1) is 11.8 Å². The maximum absolute atomic E-state index is 12.1. The first kappa shape index (κ1) is 16.5. The molecule has 0 fully saturated rings. The smallest absolute Gasteiger partial charge is 0.390 e. The number of halogens is 3. The summed E-state index contributed by atoms with van der Waals surface area (Å²) in [7, 11) is 1.33. The Kier molecular flexibility index (Phi) is 6.05. The van der Waals surface area contributed by atoms with E-state index in [4.69, 9.17) is 5.11 Å². The van der Waals surface area contributed by atoms with Crippen LogP contribution in [-0.2, 0) is 0 Å². The van der Waals surface area contributed by atoms with E-state index in [-0.39, 0.29) is 19.6 Å². The third-order valence-corrected chi connectivity index (χ3v) is 3.30. The molecule has 0 atom stereocenters. The molecule has 0 aromatic carbocycles. The number of amides is 1. The monoisotopic (exact) mass is 305 g/mol.